The molecule has 0 N–H and O–H groups in total. The average Bonchev–Trinajstić information content (AvgIpc) is 3.26. The summed E-state index contributed by atoms with van der Waals surface area (Å²) in [4.78, 5) is 24.1. The smallest absolute Gasteiger partial charge is 0.261 e. The van der Waals surface area contributed by atoms with Crippen molar-refractivity contribution in [3.63, 3.8) is 0 Å². The minimum atomic E-state index is -0.0561. The highest BCUT2D eigenvalue weighted by molar-refractivity contribution is 5.81. The number of benzene rings is 1. The molecule has 4 aromatic rings. The van der Waals surface area contributed by atoms with Gasteiger partial charge in [0.2, 0.25) is 0 Å². The number of aromatic nitrogens is 4. The number of hydrogen-bond donors (Lipinski definition) is 0. The van der Waals surface area contributed by atoms with Crippen LogP contribution in [0.2, 0.25) is 0 Å². The molecule has 0 amide bonds. The van der Waals surface area contributed by atoms with Crippen molar-refractivity contribution >= 4 is 22.2 Å². The molecule has 1 aliphatic heterocycles. The predicted molar refractivity (Wildman–Crippen MR) is 123 cm³/mol. The van der Waals surface area contributed by atoms with E-state index >= 15 is 0 Å². The average molecular weight is 444 g/mol. The number of anilines is 1. The topological polar surface area (TPSA) is 97.7 Å². The third-order valence-electron chi connectivity index (χ3n) is 5.95. The lowest BCUT2D eigenvalue weighted by Crippen LogP contribution is -2.44. The second-order valence-electron chi connectivity index (χ2n) is 8.13. The van der Waals surface area contributed by atoms with Gasteiger partial charge in [0, 0.05) is 44.8 Å². The van der Waals surface area contributed by atoms with Gasteiger partial charge in [-0.25, -0.2) is 9.97 Å². The zero-order valence-corrected chi connectivity index (χ0v) is 18.3. The summed E-state index contributed by atoms with van der Waals surface area (Å²) in [5.41, 5.74) is 3.80. The van der Waals surface area contributed by atoms with Gasteiger partial charge in [-0.05, 0) is 42.3 Å². The Bertz CT molecular complexity index is 1400. The van der Waals surface area contributed by atoms with E-state index in [1.54, 1.807) is 24.2 Å². The molecule has 33 heavy (non-hydrogen) atoms. The number of fused-ring (bicyclic) bond motifs is 2. The first-order valence-electron chi connectivity index (χ1n) is 10.9. The SMILES string of the molecule is COCC1CN(c2ccc3c(=O)n(CCc4ccn5cc(C#N)nc5c4)cnc3c2)CCO1. The number of hydrogen-bond acceptors (Lipinski definition) is 7. The number of nitrogens with zero attached hydrogens (tertiary/aromatic N) is 6. The van der Waals surface area contributed by atoms with E-state index in [4.69, 9.17) is 14.7 Å². The molecule has 0 aliphatic carbocycles. The normalized spacial score (nSPS) is 16.4. The van der Waals surface area contributed by atoms with Crippen LogP contribution in [0.3, 0.4) is 0 Å². The molecule has 1 aromatic carbocycles. The zero-order valence-electron chi connectivity index (χ0n) is 18.3. The summed E-state index contributed by atoms with van der Waals surface area (Å²) in [6, 6.07) is 11.8. The maximum absolute atomic E-state index is 13.0. The number of ether oxygens (including phenoxy) is 2. The van der Waals surface area contributed by atoms with Crippen LogP contribution in [-0.4, -0.2) is 58.5 Å². The Labute approximate surface area is 190 Å². The molecule has 1 fully saturated rings. The summed E-state index contributed by atoms with van der Waals surface area (Å²) in [6.45, 7) is 3.24. The first-order valence-corrected chi connectivity index (χ1v) is 10.9. The van der Waals surface area contributed by atoms with Crippen LogP contribution < -0.4 is 10.5 Å². The molecule has 1 saturated heterocycles. The number of imidazole rings is 1. The monoisotopic (exact) mass is 444 g/mol. The molecule has 1 unspecified atom stereocenters. The maximum Gasteiger partial charge on any atom is 0.261 e. The minimum Gasteiger partial charge on any atom is -0.382 e. The fraction of sp³-hybridized carbons (Fsp3) is 0.333. The fourth-order valence-corrected chi connectivity index (χ4v) is 4.23. The van der Waals surface area contributed by atoms with Crippen molar-refractivity contribution in [3.8, 4) is 6.07 Å². The molecule has 168 valence electrons. The standard InChI is InChI=1S/C24H24N6O3/c1-32-15-20-14-28(8-9-33-20)19-2-3-21-22(11-19)26-16-30(24(21)31)7-5-17-4-6-29-13-18(12-25)27-23(29)10-17/h2-4,6,10-11,13,16,20H,5,7-9,14-15H2,1H3. The molecule has 3 aromatic heterocycles. The van der Waals surface area contributed by atoms with Crippen LogP contribution in [0.5, 0.6) is 0 Å². The summed E-state index contributed by atoms with van der Waals surface area (Å²) >= 11 is 0. The van der Waals surface area contributed by atoms with Gasteiger partial charge < -0.3 is 18.8 Å². The second-order valence-corrected chi connectivity index (χ2v) is 8.13. The molecule has 0 saturated carbocycles. The summed E-state index contributed by atoms with van der Waals surface area (Å²) in [5, 5.41) is 9.62. The lowest BCUT2D eigenvalue weighted by atomic mass is 10.1. The molecule has 1 atom stereocenters. The number of aryl methyl sites for hydroxylation is 2. The highest BCUT2D eigenvalue weighted by Gasteiger charge is 2.21. The number of nitriles is 1. The highest BCUT2D eigenvalue weighted by atomic mass is 16.5. The number of rotatable bonds is 6. The molecule has 0 bridgehead atoms. The van der Waals surface area contributed by atoms with Crippen LogP contribution in [0.4, 0.5) is 5.69 Å². The van der Waals surface area contributed by atoms with Crippen molar-refractivity contribution in [2.75, 3.05) is 38.3 Å². The molecule has 1 aliphatic rings. The van der Waals surface area contributed by atoms with Gasteiger partial charge in [0.25, 0.3) is 5.56 Å². The molecule has 9 heteroatoms. The zero-order chi connectivity index (χ0) is 22.8. The second kappa shape index (κ2) is 9.02. The van der Waals surface area contributed by atoms with E-state index in [0.717, 1.165) is 30.0 Å². The van der Waals surface area contributed by atoms with E-state index in [-0.39, 0.29) is 11.7 Å². The van der Waals surface area contributed by atoms with Crippen molar-refractivity contribution in [2.24, 2.45) is 0 Å². The summed E-state index contributed by atoms with van der Waals surface area (Å²) < 4.78 is 14.4. The first kappa shape index (κ1) is 21.1. The van der Waals surface area contributed by atoms with Crippen LogP contribution in [0.25, 0.3) is 16.6 Å². The molecule has 0 spiro atoms. The third kappa shape index (κ3) is 4.31. The van der Waals surface area contributed by atoms with Crippen LogP contribution in [0, 0.1) is 11.3 Å². The van der Waals surface area contributed by atoms with Gasteiger partial charge in [0.15, 0.2) is 5.69 Å². The molecule has 4 heterocycles. The van der Waals surface area contributed by atoms with Crippen molar-refractivity contribution in [2.45, 2.75) is 19.1 Å². The third-order valence-corrected chi connectivity index (χ3v) is 5.95. The van der Waals surface area contributed by atoms with Crippen LogP contribution >= 0.6 is 0 Å². The van der Waals surface area contributed by atoms with Gasteiger partial charge in [-0.3, -0.25) is 9.36 Å². The molecule has 9 nitrogen and oxygen atoms in total. The lowest BCUT2D eigenvalue weighted by Gasteiger charge is -2.34. The lowest BCUT2D eigenvalue weighted by molar-refractivity contribution is -0.0100. The number of methoxy groups -OCH3 is 1. The Hall–Kier alpha value is -3.74. The Morgan fingerprint density at radius 3 is 3.06 bits per heavy atom. The van der Waals surface area contributed by atoms with Crippen LogP contribution in [0.1, 0.15) is 11.3 Å². The van der Waals surface area contributed by atoms with Crippen molar-refractivity contribution in [1.82, 2.24) is 18.9 Å². The van der Waals surface area contributed by atoms with Gasteiger partial charge in [-0.2, -0.15) is 5.26 Å². The first-order chi connectivity index (χ1) is 16.1. The maximum atomic E-state index is 13.0. The van der Waals surface area contributed by atoms with Crippen molar-refractivity contribution in [1.29, 1.82) is 5.26 Å². The number of morpholine rings is 1. The van der Waals surface area contributed by atoms with Gasteiger partial charge >= 0.3 is 0 Å². The Balaban J connectivity index is 1.33. The van der Waals surface area contributed by atoms with Crippen molar-refractivity contribution < 1.29 is 9.47 Å². The van der Waals surface area contributed by atoms with E-state index in [0.29, 0.717) is 42.8 Å². The number of pyridine rings is 1. The minimum absolute atomic E-state index is 0.0353. The van der Waals surface area contributed by atoms with Crippen molar-refractivity contribution in [3.05, 3.63) is 70.7 Å². The van der Waals surface area contributed by atoms with Crippen LogP contribution in [-0.2, 0) is 22.4 Å². The molecular formula is C24H24N6O3. The Morgan fingerprint density at radius 1 is 1.30 bits per heavy atom. The molecule has 5 rings (SSSR count). The Kier molecular flexibility index (Phi) is 5.77. The van der Waals surface area contributed by atoms with E-state index in [2.05, 4.69) is 20.9 Å². The fourth-order valence-electron chi connectivity index (χ4n) is 4.23. The van der Waals surface area contributed by atoms with E-state index in [1.165, 1.54) is 0 Å². The quantitative estimate of drug-likeness (QED) is 0.449. The summed E-state index contributed by atoms with van der Waals surface area (Å²) in [6.07, 6.45) is 5.88. The molecular weight excluding hydrogens is 420 g/mol. The van der Waals surface area contributed by atoms with E-state index in [1.807, 2.05) is 40.9 Å². The molecule has 0 radical (unpaired) electrons. The van der Waals surface area contributed by atoms with Crippen LogP contribution in [0.15, 0.2) is 53.8 Å². The van der Waals surface area contributed by atoms with Gasteiger partial charge in [0.1, 0.15) is 11.7 Å². The summed E-state index contributed by atoms with van der Waals surface area (Å²) in [7, 11) is 1.67. The van der Waals surface area contributed by atoms with Gasteiger partial charge in [-0.15, -0.1) is 0 Å². The predicted octanol–water partition coefficient (Wildman–Crippen LogP) is 2.01. The van der Waals surface area contributed by atoms with Gasteiger partial charge in [-0.1, -0.05) is 0 Å². The largest absolute Gasteiger partial charge is 0.382 e. The van der Waals surface area contributed by atoms with E-state index in [9.17, 15) is 4.79 Å². The van der Waals surface area contributed by atoms with E-state index < -0.39 is 0 Å². The summed E-state index contributed by atoms with van der Waals surface area (Å²) in [5.74, 6) is 0. The highest BCUT2D eigenvalue weighted by Crippen LogP contribution is 2.21. The Morgan fingerprint density at radius 2 is 2.21 bits per heavy atom. The van der Waals surface area contributed by atoms with Gasteiger partial charge in [0.05, 0.1) is 36.5 Å².